The van der Waals surface area contributed by atoms with E-state index in [2.05, 4.69) is 10.6 Å². The van der Waals surface area contributed by atoms with E-state index in [-0.39, 0.29) is 22.7 Å². The van der Waals surface area contributed by atoms with Crippen LogP contribution in [0.2, 0.25) is 5.02 Å². The number of para-hydroxylation sites is 1. The van der Waals surface area contributed by atoms with E-state index in [1.54, 1.807) is 6.07 Å². The topological polar surface area (TPSA) is 41.1 Å². The molecule has 3 unspecified atom stereocenters. The number of carbonyl (C=O) groups is 1. The number of hydrogen-bond donors (Lipinski definition) is 2. The molecule has 20 heavy (non-hydrogen) atoms. The molecule has 1 saturated heterocycles. The van der Waals surface area contributed by atoms with E-state index in [0.29, 0.717) is 12.0 Å². The average molecular weight is 297 g/mol. The number of anilines is 1. The van der Waals surface area contributed by atoms with Gasteiger partial charge in [-0.25, -0.2) is 4.39 Å². The van der Waals surface area contributed by atoms with Crippen LogP contribution in [0.25, 0.3) is 0 Å². The maximum atomic E-state index is 13.7. The first kappa shape index (κ1) is 13.8. The molecule has 1 saturated carbocycles. The monoisotopic (exact) mass is 296 g/mol. The lowest BCUT2D eigenvalue weighted by molar-refractivity contribution is -0.117. The fourth-order valence-electron chi connectivity index (χ4n) is 3.35. The number of benzene rings is 1. The molecule has 0 bridgehead atoms. The third-order valence-corrected chi connectivity index (χ3v) is 4.71. The van der Waals surface area contributed by atoms with Gasteiger partial charge in [0.2, 0.25) is 5.91 Å². The lowest BCUT2D eigenvalue weighted by Crippen LogP contribution is -2.40. The van der Waals surface area contributed by atoms with Crippen molar-refractivity contribution < 1.29 is 9.18 Å². The molecular formula is C15H18ClFN2O. The van der Waals surface area contributed by atoms with Gasteiger partial charge in [0.15, 0.2) is 0 Å². The van der Waals surface area contributed by atoms with E-state index >= 15 is 0 Å². The lowest BCUT2D eigenvalue weighted by atomic mass is 9.85. The lowest BCUT2D eigenvalue weighted by Gasteiger charge is -2.24. The summed E-state index contributed by atoms with van der Waals surface area (Å²) in [5.41, 5.74) is 0.0795. The molecule has 1 amide bonds. The van der Waals surface area contributed by atoms with Crippen LogP contribution in [-0.2, 0) is 4.79 Å². The van der Waals surface area contributed by atoms with Gasteiger partial charge in [-0.15, -0.1) is 0 Å². The first-order valence-electron chi connectivity index (χ1n) is 7.16. The van der Waals surface area contributed by atoms with Crippen molar-refractivity contribution in [2.45, 2.75) is 44.2 Å². The molecule has 0 aromatic heterocycles. The van der Waals surface area contributed by atoms with Gasteiger partial charge in [-0.1, -0.05) is 30.5 Å². The Morgan fingerprint density at radius 1 is 1.35 bits per heavy atom. The molecular weight excluding hydrogens is 279 g/mol. The van der Waals surface area contributed by atoms with E-state index in [4.69, 9.17) is 11.6 Å². The first-order chi connectivity index (χ1) is 9.65. The minimum absolute atomic E-state index is 0.0795. The zero-order valence-electron chi connectivity index (χ0n) is 11.2. The Kier molecular flexibility index (Phi) is 3.94. The normalized spacial score (nSPS) is 29.0. The van der Waals surface area contributed by atoms with Crippen molar-refractivity contribution in [1.82, 2.24) is 5.32 Å². The van der Waals surface area contributed by atoms with Crippen molar-refractivity contribution in [3.63, 3.8) is 0 Å². The number of hydrogen-bond acceptors (Lipinski definition) is 2. The van der Waals surface area contributed by atoms with E-state index < -0.39 is 5.82 Å². The molecule has 3 rings (SSSR count). The summed E-state index contributed by atoms with van der Waals surface area (Å²) in [6.07, 6.45) is 5.62. The quantitative estimate of drug-likeness (QED) is 0.879. The minimum atomic E-state index is -0.499. The van der Waals surface area contributed by atoms with E-state index in [9.17, 15) is 9.18 Å². The molecule has 3 nitrogen and oxygen atoms in total. The summed E-state index contributed by atoms with van der Waals surface area (Å²) in [6, 6.07) is 4.59. The summed E-state index contributed by atoms with van der Waals surface area (Å²) in [5.74, 6) is -0.108. The fraction of sp³-hybridized carbons (Fsp3) is 0.533. The van der Waals surface area contributed by atoms with Crippen LogP contribution in [-0.4, -0.2) is 18.0 Å². The van der Waals surface area contributed by atoms with Crippen molar-refractivity contribution in [3.05, 3.63) is 29.0 Å². The van der Waals surface area contributed by atoms with Crippen LogP contribution in [0.3, 0.4) is 0 Å². The highest BCUT2D eigenvalue weighted by Crippen LogP contribution is 2.34. The molecule has 0 radical (unpaired) electrons. The van der Waals surface area contributed by atoms with E-state index in [1.807, 2.05) is 0 Å². The van der Waals surface area contributed by atoms with Crippen LogP contribution in [0.15, 0.2) is 18.2 Å². The summed E-state index contributed by atoms with van der Waals surface area (Å²) < 4.78 is 13.7. The van der Waals surface area contributed by atoms with Crippen molar-refractivity contribution >= 4 is 23.2 Å². The Labute approximate surface area is 122 Å². The number of fused-ring (bicyclic) bond motifs is 1. The van der Waals surface area contributed by atoms with Gasteiger partial charge >= 0.3 is 0 Å². The molecule has 108 valence electrons. The first-order valence-corrected chi connectivity index (χ1v) is 7.54. The standard InChI is InChI=1S/C15H18ClFN2O/c16-10-5-3-6-11(17)14(10)19-15(20)13-8-9-4-1-2-7-12(9)18-13/h3,5-6,9,12-13,18H,1-2,4,7-8H2,(H,19,20). The van der Waals surface area contributed by atoms with Gasteiger partial charge in [0.05, 0.1) is 16.8 Å². The van der Waals surface area contributed by atoms with E-state index in [0.717, 1.165) is 12.8 Å². The summed E-state index contributed by atoms with van der Waals surface area (Å²) in [6.45, 7) is 0. The number of carbonyl (C=O) groups excluding carboxylic acids is 1. The molecule has 2 aliphatic rings. The molecule has 0 spiro atoms. The van der Waals surface area contributed by atoms with Crippen LogP contribution in [0, 0.1) is 11.7 Å². The Morgan fingerprint density at radius 3 is 2.90 bits per heavy atom. The highest BCUT2D eigenvalue weighted by molar-refractivity contribution is 6.33. The van der Waals surface area contributed by atoms with Crippen molar-refractivity contribution in [3.8, 4) is 0 Å². The van der Waals surface area contributed by atoms with Crippen LogP contribution in [0.4, 0.5) is 10.1 Å². The molecule has 2 N–H and O–H groups in total. The zero-order chi connectivity index (χ0) is 14.1. The van der Waals surface area contributed by atoms with Gasteiger partial charge in [0, 0.05) is 6.04 Å². The van der Waals surface area contributed by atoms with Crippen LogP contribution >= 0.6 is 11.6 Å². The number of rotatable bonds is 2. The summed E-state index contributed by atoms with van der Waals surface area (Å²) in [7, 11) is 0. The molecule has 1 aliphatic heterocycles. The number of nitrogens with one attached hydrogen (secondary N) is 2. The summed E-state index contributed by atoms with van der Waals surface area (Å²) in [5, 5.41) is 6.23. The van der Waals surface area contributed by atoms with Gasteiger partial charge in [-0.2, -0.15) is 0 Å². The summed E-state index contributed by atoms with van der Waals surface area (Å²) in [4.78, 5) is 12.3. The highest BCUT2D eigenvalue weighted by atomic mass is 35.5. The minimum Gasteiger partial charge on any atom is -0.321 e. The second-order valence-corrected chi connectivity index (χ2v) is 6.10. The van der Waals surface area contributed by atoms with Crippen molar-refractivity contribution in [2.24, 2.45) is 5.92 Å². The molecule has 5 heteroatoms. The average Bonchev–Trinajstić information content (AvgIpc) is 2.87. The van der Waals surface area contributed by atoms with Gasteiger partial charge < -0.3 is 10.6 Å². The maximum absolute atomic E-state index is 13.7. The van der Waals surface area contributed by atoms with Gasteiger partial charge in [-0.3, -0.25) is 4.79 Å². The molecule has 2 fully saturated rings. The molecule has 3 atom stereocenters. The fourth-order valence-corrected chi connectivity index (χ4v) is 3.56. The number of amides is 1. The van der Waals surface area contributed by atoms with Gasteiger partial charge in [-0.05, 0) is 37.3 Å². The predicted octanol–water partition coefficient (Wildman–Crippen LogP) is 3.34. The van der Waals surface area contributed by atoms with Gasteiger partial charge in [0.1, 0.15) is 5.82 Å². The maximum Gasteiger partial charge on any atom is 0.241 e. The predicted molar refractivity (Wildman–Crippen MR) is 77.3 cm³/mol. The van der Waals surface area contributed by atoms with Crippen LogP contribution in [0.1, 0.15) is 32.1 Å². The Bertz CT molecular complexity index is 488. The Hall–Kier alpha value is -1.13. The molecule has 1 heterocycles. The number of halogens is 2. The van der Waals surface area contributed by atoms with Crippen LogP contribution in [0.5, 0.6) is 0 Å². The molecule has 1 aromatic carbocycles. The second kappa shape index (κ2) is 5.70. The summed E-state index contributed by atoms with van der Waals surface area (Å²) >= 11 is 5.93. The highest BCUT2D eigenvalue weighted by Gasteiger charge is 2.38. The second-order valence-electron chi connectivity index (χ2n) is 5.69. The Morgan fingerprint density at radius 2 is 2.15 bits per heavy atom. The zero-order valence-corrected chi connectivity index (χ0v) is 11.9. The van der Waals surface area contributed by atoms with Gasteiger partial charge in [0.25, 0.3) is 0 Å². The third-order valence-electron chi connectivity index (χ3n) is 4.39. The molecule has 1 aliphatic carbocycles. The van der Waals surface area contributed by atoms with Crippen molar-refractivity contribution in [1.29, 1.82) is 0 Å². The molecule has 1 aromatic rings. The Balaban J connectivity index is 1.68. The van der Waals surface area contributed by atoms with Crippen molar-refractivity contribution in [2.75, 3.05) is 5.32 Å². The SMILES string of the molecule is O=C(Nc1c(F)cccc1Cl)C1CC2CCCCC2N1. The van der Waals surface area contributed by atoms with E-state index in [1.165, 1.54) is 31.4 Å². The smallest absolute Gasteiger partial charge is 0.241 e. The largest absolute Gasteiger partial charge is 0.321 e. The van der Waals surface area contributed by atoms with Crippen LogP contribution < -0.4 is 10.6 Å². The third kappa shape index (κ3) is 2.67.